The van der Waals surface area contributed by atoms with Crippen molar-refractivity contribution >= 4 is 52.1 Å². The van der Waals surface area contributed by atoms with Gasteiger partial charge in [-0.15, -0.1) is 11.3 Å². The predicted octanol–water partition coefficient (Wildman–Crippen LogP) is 3.76. The topological polar surface area (TPSA) is 73.4 Å². The number of nitrogens with zero attached hydrogens (tertiary/aromatic N) is 4. The van der Waals surface area contributed by atoms with Crippen LogP contribution in [0.1, 0.15) is 58.7 Å². The Bertz CT molecular complexity index is 1200. The molecule has 0 unspecified atom stereocenters. The second kappa shape index (κ2) is 10.5. The molecule has 10 heteroatoms. The average molecular weight is 541 g/mol. The predicted molar refractivity (Wildman–Crippen MR) is 147 cm³/mol. The first-order chi connectivity index (χ1) is 17.8. The number of fused-ring (bicyclic) bond motifs is 1. The number of piperazine rings is 1. The van der Waals surface area contributed by atoms with Gasteiger partial charge in [0, 0.05) is 38.3 Å². The van der Waals surface area contributed by atoms with Crippen molar-refractivity contribution in [2.75, 3.05) is 44.2 Å². The molecule has 37 heavy (non-hydrogen) atoms. The minimum atomic E-state index is -0.728. The summed E-state index contributed by atoms with van der Waals surface area (Å²) in [7, 11) is 0. The number of esters is 1. The zero-order chi connectivity index (χ0) is 26.2. The van der Waals surface area contributed by atoms with Gasteiger partial charge in [0.2, 0.25) is 0 Å². The molecule has 2 saturated heterocycles. The zero-order valence-corrected chi connectivity index (χ0v) is 22.9. The van der Waals surface area contributed by atoms with Crippen molar-refractivity contribution in [3.05, 3.63) is 51.7 Å². The average Bonchev–Trinajstić information content (AvgIpc) is 3.59. The van der Waals surface area contributed by atoms with E-state index >= 15 is 0 Å². The molecular formula is C27H32N4O4S2. The number of amides is 2. The summed E-state index contributed by atoms with van der Waals surface area (Å²) in [6.07, 6.45) is 3.04. The lowest BCUT2D eigenvalue weighted by atomic mass is 10.0. The van der Waals surface area contributed by atoms with Gasteiger partial charge in [-0.2, -0.15) is 0 Å². The summed E-state index contributed by atoms with van der Waals surface area (Å²) in [6, 6.07) is 9.12. The molecule has 2 fully saturated rings. The Kier molecular flexibility index (Phi) is 7.33. The molecule has 1 aromatic heterocycles. The summed E-state index contributed by atoms with van der Waals surface area (Å²) in [6.45, 7) is 9.13. The van der Waals surface area contributed by atoms with Gasteiger partial charge >= 0.3 is 5.97 Å². The number of carbonyl (C=O) groups excluding carboxylic acids is 3. The molecule has 0 spiro atoms. The molecule has 0 saturated carbocycles. The lowest BCUT2D eigenvalue weighted by Crippen LogP contribution is -2.48. The molecule has 0 N–H and O–H groups in total. The van der Waals surface area contributed by atoms with Gasteiger partial charge < -0.3 is 14.5 Å². The molecule has 0 bridgehead atoms. The fourth-order valence-electron chi connectivity index (χ4n) is 5.21. The number of carbonyl (C=O) groups is 3. The van der Waals surface area contributed by atoms with E-state index in [-0.39, 0.29) is 24.4 Å². The van der Waals surface area contributed by atoms with Crippen molar-refractivity contribution in [2.45, 2.75) is 45.3 Å². The van der Waals surface area contributed by atoms with E-state index in [9.17, 15) is 14.4 Å². The third-order valence-corrected chi connectivity index (χ3v) is 8.76. The van der Waals surface area contributed by atoms with E-state index < -0.39 is 5.54 Å². The van der Waals surface area contributed by atoms with Crippen LogP contribution in [0, 0.1) is 0 Å². The number of rotatable bonds is 8. The fourth-order valence-corrected chi connectivity index (χ4v) is 6.41. The van der Waals surface area contributed by atoms with Gasteiger partial charge in [-0.1, -0.05) is 12.5 Å². The summed E-state index contributed by atoms with van der Waals surface area (Å²) in [5.74, 6) is -0.241. The van der Waals surface area contributed by atoms with Gasteiger partial charge in [-0.3, -0.25) is 19.4 Å². The van der Waals surface area contributed by atoms with Crippen LogP contribution in [-0.4, -0.2) is 82.4 Å². The van der Waals surface area contributed by atoms with Crippen LogP contribution in [0.15, 0.2) is 35.7 Å². The lowest BCUT2D eigenvalue weighted by Gasteiger charge is -2.34. The molecule has 0 radical (unpaired) electrons. The Balaban J connectivity index is 1.09. The van der Waals surface area contributed by atoms with Gasteiger partial charge in [0.25, 0.3) is 11.8 Å². The van der Waals surface area contributed by atoms with E-state index in [4.69, 9.17) is 17.0 Å². The molecule has 8 nitrogen and oxygen atoms in total. The second-order valence-corrected chi connectivity index (χ2v) is 11.5. The molecule has 4 heterocycles. The van der Waals surface area contributed by atoms with E-state index in [0.717, 1.165) is 62.4 Å². The Hall–Kier alpha value is -2.82. The maximum Gasteiger partial charge on any atom is 0.338 e. The summed E-state index contributed by atoms with van der Waals surface area (Å²) in [5.41, 5.74) is 1.28. The molecule has 0 atom stereocenters. The van der Waals surface area contributed by atoms with Crippen LogP contribution in [0.5, 0.6) is 0 Å². The highest BCUT2D eigenvalue weighted by Crippen LogP contribution is 2.34. The monoisotopic (exact) mass is 540 g/mol. The molecule has 3 aliphatic heterocycles. The molecular weight excluding hydrogens is 508 g/mol. The van der Waals surface area contributed by atoms with Gasteiger partial charge in [0.05, 0.1) is 16.1 Å². The van der Waals surface area contributed by atoms with Crippen molar-refractivity contribution in [2.24, 2.45) is 0 Å². The Morgan fingerprint density at radius 2 is 1.81 bits per heavy atom. The minimum Gasteiger partial charge on any atom is -0.457 e. The maximum atomic E-state index is 13.3. The normalized spacial score (nSPS) is 19.5. The first-order valence-electron chi connectivity index (χ1n) is 12.8. The van der Waals surface area contributed by atoms with Crippen molar-refractivity contribution in [3.63, 3.8) is 0 Å². The highest BCUT2D eigenvalue weighted by atomic mass is 32.1. The van der Waals surface area contributed by atoms with Crippen LogP contribution in [0.3, 0.4) is 0 Å². The van der Waals surface area contributed by atoms with Crippen LogP contribution in [-0.2, 0) is 16.1 Å². The number of thiophene rings is 1. The first-order valence-corrected chi connectivity index (χ1v) is 14.1. The fraction of sp³-hybridized carbons (Fsp3) is 0.481. The number of unbranched alkanes of at least 4 members (excludes halogenated alkanes) is 2. The van der Waals surface area contributed by atoms with Gasteiger partial charge in [0.15, 0.2) is 5.11 Å². The number of benzene rings is 1. The molecule has 196 valence electrons. The van der Waals surface area contributed by atoms with E-state index in [1.165, 1.54) is 11.3 Å². The molecule has 3 aliphatic rings. The van der Waals surface area contributed by atoms with E-state index in [1.807, 2.05) is 47.2 Å². The van der Waals surface area contributed by atoms with Crippen LogP contribution in [0.25, 0.3) is 0 Å². The summed E-state index contributed by atoms with van der Waals surface area (Å²) in [4.78, 5) is 46.4. The Morgan fingerprint density at radius 1 is 1.05 bits per heavy atom. The number of hydrogen-bond acceptors (Lipinski definition) is 7. The summed E-state index contributed by atoms with van der Waals surface area (Å²) >= 11 is 7.26. The molecule has 5 rings (SSSR count). The van der Waals surface area contributed by atoms with Gasteiger partial charge in [-0.25, -0.2) is 4.79 Å². The molecule has 2 amide bonds. The molecule has 0 aliphatic carbocycles. The largest absolute Gasteiger partial charge is 0.457 e. The number of anilines is 1. The van der Waals surface area contributed by atoms with Gasteiger partial charge in [0.1, 0.15) is 12.1 Å². The number of ether oxygens (including phenoxy) is 1. The number of hydrogen-bond donors (Lipinski definition) is 0. The first kappa shape index (κ1) is 25.8. The standard InChI is InChI=1S/C27H32N4O4S2/c1-27(2)25(34)31(20-8-9-21-19(17-20)18-35-24(21)33)26(36)30(27)11-5-3-4-10-28-12-14-29(15-13-28)23(32)22-7-6-16-37-22/h6-9,16-17H,3-5,10-15,18H2,1-2H3. The zero-order valence-electron chi connectivity index (χ0n) is 21.3. The third-order valence-electron chi connectivity index (χ3n) is 7.50. The maximum absolute atomic E-state index is 13.3. The third kappa shape index (κ3) is 5.02. The summed E-state index contributed by atoms with van der Waals surface area (Å²) in [5, 5.41) is 2.45. The van der Waals surface area contributed by atoms with Crippen molar-refractivity contribution in [3.8, 4) is 0 Å². The minimum absolute atomic E-state index is 0.0577. The smallest absolute Gasteiger partial charge is 0.338 e. The van der Waals surface area contributed by atoms with E-state index in [0.29, 0.717) is 22.9 Å². The quantitative estimate of drug-likeness (QED) is 0.287. The number of thiocarbonyl (C=S) groups is 1. The van der Waals surface area contributed by atoms with Crippen LogP contribution in [0.2, 0.25) is 0 Å². The van der Waals surface area contributed by atoms with Gasteiger partial charge in [-0.05, 0) is 75.1 Å². The summed E-state index contributed by atoms with van der Waals surface area (Å²) < 4.78 is 5.10. The highest BCUT2D eigenvalue weighted by molar-refractivity contribution is 7.80. The van der Waals surface area contributed by atoms with Crippen molar-refractivity contribution < 1.29 is 19.1 Å². The van der Waals surface area contributed by atoms with E-state index in [1.54, 1.807) is 17.0 Å². The SMILES string of the molecule is CC1(C)C(=O)N(c2ccc3c(c2)COC3=O)C(=S)N1CCCCCN1CCN(C(=O)c2cccs2)CC1. The Morgan fingerprint density at radius 3 is 2.54 bits per heavy atom. The Labute approximate surface area is 226 Å². The van der Waals surface area contributed by atoms with Crippen molar-refractivity contribution in [1.82, 2.24) is 14.7 Å². The lowest BCUT2D eigenvalue weighted by molar-refractivity contribution is -0.123. The van der Waals surface area contributed by atoms with Crippen molar-refractivity contribution in [1.29, 1.82) is 0 Å². The molecule has 2 aromatic rings. The second-order valence-electron chi connectivity index (χ2n) is 10.2. The van der Waals surface area contributed by atoms with Crippen LogP contribution in [0.4, 0.5) is 5.69 Å². The van der Waals surface area contributed by atoms with Crippen LogP contribution < -0.4 is 4.90 Å². The van der Waals surface area contributed by atoms with E-state index in [2.05, 4.69) is 4.90 Å². The number of cyclic esters (lactones) is 1. The highest BCUT2D eigenvalue weighted by Gasteiger charge is 2.49. The molecule has 1 aromatic carbocycles. The van der Waals surface area contributed by atoms with Crippen LogP contribution >= 0.6 is 23.6 Å².